The Bertz CT molecular complexity index is 1180. The zero-order chi connectivity index (χ0) is 23.3. The molecule has 8 nitrogen and oxygen atoms in total. The van der Waals surface area contributed by atoms with Crippen LogP contribution in [0.25, 0.3) is 21.6 Å². The Morgan fingerprint density at radius 2 is 2.22 bits per heavy atom. The number of fused-ring (bicyclic) bond motifs is 1. The molecule has 0 spiro atoms. The maximum absolute atomic E-state index is 10.0. The van der Waals surface area contributed by atoms with Gasteiger partial charge in [0.25, 0.3) is 0 Å². The number of hydrogen-bond donors (Lipinski definition) is 2. The standard InChI is InChI=1S/C22H24ClN7OS/c1-22(2,31)5-8-30(21(24)32)27-13-16-11-20(29-9-7-26-14-29)28-19-12-18(23)15(4-6-25-3)10-17(16)19/h7,9-14,31H,4-6,8H2,1-2H3,(H2,24,32). The van der Waals surface area contributed by atoms with Crippen molar-refractivity contribution < 1.29 is 5.11 Å². The van der Waals surface area contributed by atoms with Gasteiger partial charge in [0.05, 0.1) is 17.3 Å². The molecule has 32 heavy (non-hydrogen) atoms. The summed E-state index contributed by atoms with van der Waals surface area (Å²) in [5.41, 5.74) is 7.31. The highest BCUT2D eigenvalue weighted by Gasteiger charge is 2.16. The number of thiocarbonyl (C=S) groups is 1. The summed E-state index contributed by atoms with van der Waals surface area (Å²) < 4.78 is 1.79. The van der Waals surface area contributed by atoms with Gasteiger partial charge >= 0.3 is 0 Å². The maximum atomic E-state index is 10.0. The number of nitrogens with zero attached hydrogens (tertiary/aromatic N) is 6. The van der Waals surface area contributed by atoms with Gasteiger partial charge in [-0.25, -0.2) is 21.5 Å². The third kappa shape index (κ3) is 6.01. The topological polar surface area (TPSA) is 96.9 Å². The molecular formula is C22H24ClN7OS. The maximum Gasteiger partial charge on any atom is 0.218 e. The molecule has 0 aliphatic rings. The minimum atomic E-state index is -0.870. The molecule has 0 atom stereocenters. The first-order valence-corrected chi connectivity index (χ1v) is 10.7. The van der Waals surface area contributed by atoms with Gasteiger partial charge in [-0.2, -0.15) is 5.10 Å². The number of hydrazone groups is 1. The highest BCUT2D eigenvalue weighted by Crippen LogP contribution is 2.27. The van der Waals surface area contributed by atoms with Gasteiger partial charge in [-0.1, -0.05) is 11.6 Å². The van der Waals surface area contributed by atoms with Crippen LogP contribution in [0.1, 0.15) is 31.4 Å². The van der Waals surface area contributed by atoms with Gasteiger partial charge in [0.2, 0.25) is 6.54 Å². The number of imidazole rings is 1. The molecular weight excluding hydrogens is 446 g/mol. The Morgan fingerprint density at radius 3 is 2.84 bits per heavy atom. The van der Waals surface area contributed by atoms with Crippen molar-refractivity contribution in [3.8, 4) is 5.82 Å². The van der Waals surface area contributed by atoms with Crippen LogP contribution in [0.15, 0.2) is 42.0 Å². The average molecular weight is 470 g/mol. The molecule has 10 heteroatoms. The van der Waals surface area contributed by atoms with Crippen molar-refractivity contribution in [1.29, 1.82) is 0 Å². The Kier molecular flexibility index (Phi) is 7.40. The molecule has 166 valence electrons. The first kappa shape index (κ1) is 23.6. The fourth-order valence-electron chi connectivity index (χ4n) is 3.04. The lowest BCUT2D eigenvalue weighted by Gasteiger charge is -2.22. The second kappa shape index (κ2) is 10.0. The van der Waals surface area contributed by atoms with Gasteiger partial charge in [-0.05, 0) is 56.2 Å². The summed E-state index contributed by atoms with van der Waals surface area (Å²) in [6.45, 7) is 11.2. The van der Waals surface area contributed by atoms with Crippen LogP contribution in [0.2, 0.25) is 5.02 Å². The van der Waals surface area contributed by atoms with E-state index in [9.17, 15) is 5.11 Å². The molecule has 0 bridgehead atoms. The van der Waals surface area contributed by atoms with E-state index in [4.69, 9.17) is 41.1 Å². The predicted octanol–water partition coefficient (Wildman–Crippen LogP) is 3.58. The van der Waals surface area contributed by atoms with E-state index in [-0.39, 0.29) is 5.11 Å². The zero-order valence-electron chi connectivity index (χ0n) is 17.9. The summed E-state index contributed by atoms with van der Waals surface area (Å²) in [6, 6.07) is 5.62. The van der Waals surface area contributed by atoms with E-state index in [1.807, 2.05) is 12.1 Å². The molecule has 0 saturated heterocycles. The van der Waals surface area contributed by atoms with Crippen molar-refractivity contribution in [3.63, 3.8) is 0 Å². The summed E-state index contributed by atoms with van der Waals surface area (Å²) >= 11 is 11.6. The molecule has 0 fully saturated rings. The first-order valence-electron chi connectivity index (χ1n) is 9.96. The van der Waals surface area contributed by atoms with E-state index in [1.54, 1.807) is 49.4 Å². The van der Waals surface area contributed by atoms with Crippen molar-refractivity contribution in [3.05, 3.63) is 64.5 Å². The molecule has 1 aromatic carbocycles. The van der Waals surface area contributed by atoms with Gasteiger partial charge in [0.1, 0.15) is 12.1 Å². The molecule has 0 saturated carbocycles. The fourth-order valence-corrected chi connectivity index (χ4v) is 3.43. The number of rotatable bonds is 8. The van der Waals surface area contributed by atoms with Crippen LogP contribution in [0.5, 0.6) is 0 Å². The van der Waals surface area contributed by atoms with Crippen molar-refractivity contribution in [2.24, 2.45) is 10.8 Å². The third-order valence-electron chi connectivity index (χ3n) is 4.78. The van der Waals surface area contributed by atoms with Crippen LogP contribution >= 0.6 is 23.8 Å². The number of halogens is 1. The van der Waals surface area contributed by atoms with Crippen molar-refractivity contribution in [2.75, 3.05) is 13.1 Å². The van der Waals surface area contributed by atoms with Gasteiger partial charge in [0.15, 0.2) is 5.11 Å². The zero-order valence-corrected chi connectivity index (χ0v) is 19.4. The number of nitrogens with two attached hydrogens (primary N) is 1. The predicted molar refractivity (Wildman–Crippen MR) is 131 cm³/mol. The molecule has 0 amide bonds. The van der Waals surface area contributed by atoms with E-state index in [2.05, 4.69) is 14.9 Å². The third-order valence-corrected chi connectivity index (χ3v) is 5.35. The van der Waals surface area contributed by atoms with Gasteiger partial charge < -0.3 is 15.7 Å². The van der Waals surface area contributed by atoms with E-state index in [0.29, 0.717) is 42.3 Å². The largest absolute Gasteiger partial charge is 0.390 e. The molecule has 2 heterocycles. The van der Waals surface area contributed by atoms with Gasteiger partial charge in [-0.3, -0.25) is 4.57 Å². The molecule has 0 unspecified atom stereocenters. The number of aliphatic hydroxyl groups is 1. The summed E-state index contributed by atoms with van der Waals surface area (Å²) in [6.07, 6.45) is 7.78. The smallest absolute Gasteiger partial charge is 0.218 e. The summed E-state index contributed by atoms with van der Waals surface area (Å²) in [5.74, 6) is 0.653. The SMILES string of the molecule is [C-]#[N+]CCc1cc2c(C=NN(CCC(C)(C)O)C(N)=S)cc(-n3ccnc3)nc2cc1Cl. The Hall–Kier alpha value is -3.06. The number of pyridine rings is 1. The van der Waals surface area contributed by atoms with Crippen molar-refractivity contribution >= 4 is 46.0 Å². The van der Waals surface area contributed by atoms with E-state index < -0.39 is 5.60 Å². The first-order chi connectivity index (χ1) is 15.2. The van der Waals surface area contributed by atoms with Gasteiger partial charge in [0, 0.05) is 41.3 Å². The highest BCUT2D eigenvalue weighted by atomic mass is 35.5. The van der Waals surface area contributed by atoms with Crippen LogP contribution in [0, 0.1) is 6.57 Å². The summed E-state index contributed by atoms with van der Waals surface area (Å²) in [7, 11) is 0. The lowest BCUT2D eigenvalue weighted by Crippen LogP contribution is -2.35. The molecule has 3 aromatic rings. The van der Waals surface area contributed by atoms with Crippen LogP contribution in [-0.2, 0) is 6.42 Å². The van der Waals surface area contributed by atoms with E-state index in [1.165, 1.54) is 5.01 Å². The van der Waals surface area contributed by atoms with Crippen LogP contribution in [-0.4, -0.2) is 54.7 Å². The lowest BCUT2D eigenvalue weighted by atomic mass is 10.0. The van der Waals surface area contributed by atoms with Crippen LogP contribution < -0.4 is 5.73 Å². The van der Waals surface area contributed by atoms with Crippen LogP contribution in [0.3, 0.4) is 0 Å². The normalized spacial score (nSPS) is 11.7. The van der Waals surface area contributed by atoms with Crippen molar-refractivity contribution in [1.82, 2.24) is 19.5 Å². The van der Waals surface area contributed by atoms with Gasteiger partial charge in [-0.15, -0.1) is 0 Å². The number of benzene rings is 1. The lowest BCUT2D eigenvalue weighted by molar-refractivity contribution is 0.0649. The Labute approximate surface area is 197 Å². The Morgan fingerprint density at radius 1 is 1.44 bits per heavy atom. The van der Waals surface area contributed by atoms with E-state index in [0.717, 1.165) is 16.5 Å². The second-order valence-electron chi connectivity index (χ2n) is 7.90. The minimum absolute atomic E-state index is 0.111. The summed E-state index contributed by atoms with van der Waals surface area (Å²) in [4.78, 5) is 12.2. The van der Waals surface area contributed by atoms with Crippen molar-refractivity contribution in [2.45, 2.75) is 32.3 Å². The minimum Gasteiger partial charge on any atom is -0.390 e. The Balaban J connectivity index is 2.08. The molecule has 3 rings (SSSR count). The second-order valence-corrected chi connectivity index (χ2v) is 8.73. The average Bonchev–Trinajstić information content (AvgIpc) is 3.25. The number of hydrogen-bond acceptors (Lipinski definition) is 5. The molecule has 0 aliphatic carbocycles. The molecule has 2 aromatic heterocycles. The fraction of sp³-hybridized carbons (Fsp3) is 0.318. The monoisotopic (exact) mass is 469 g/mol. The quantitative estimate of drug-likeness (QED) is 0.226. The summed E-state index contributed by atoms with van der Waals surface area (Å²) in [5, 5.41) is 17.5. The molecule has 3 N–H and O–H groups in total. The van der Waals surface area contributed by atoms with E-state index >= 15 is 0 Å². The molecule has 0 aliphatic heterocycles. The highest BCUT2D eigenvalue weighted by molar-refractivity contribution is 7.80. The van der Waals surface area contributed by atoms with Crippen LogP contribution in [0.4, 0.5) is 0 Å². The number of aromatic nitrogens is 3. The molecule has 0 radical (unpaired) electrons.